The molecule has 2 aliphatic rings. The van der Waals surface area contributed by atoms with Crippen LogP contribution in [0.4, 0.5) is 0 Å². The van der Waals surface area contributed by atoms with Gasteiger partial charge in [0.15, 0.2) is 0 Å². The van der Waals surface area contributed by atoms with Crippen molar-refractivity contribution in [1.29, 1.82) is 0 Å². The van der Waals surface area contributed by atoms with Crippen molar-refractivity contribution in [2.45, 2.75) is 69.9 Å². The number of nitrogens with two attached hydrogens (primary N) is 1. The maximum atomic E-state index is 13.4. The molecule has 1 aromatic carbocycles. The van der Waals surface area contributed by atoms with Crippen molar-refractivity contribution in [3.63, 3.8) is 0 Å². The first-order valence-corrected chi connectivity index (χ1v) is 14.6. The van der Waals surface area contributed by atoms with Crippen molar-refractivity contribution in [3.05, 3.63) is 29.8 Å². The van der Waals surface area contributed by atoms with Crippen LogP contribution in [0.3, 0.4) is 0 Å². The number of carbonyl (C=O) groups excluding carboxylic acids is 4. The molecule has 11 nitrogen and oxygen atoms in total. The van der Waals surface area contributed by atoms with E-state index in [0.717, 1.165) is 5.56 Å². The smallest absolute Gasteiger partial charge is 0.243 e. The number of hydrogen-bond acceptors (Lipinski definition) is 6. The lowest BCUT2D eigenvalue weighted by Crippen LogP contribution is -2.55. The zero-order chi connectivity index (χ0) is 28.0. The molecule has 4 N–H and O–H groups in total. The van der Waals surface area contributed by atoms with Crippen molar-refractivity contribution in [1.82, 2.24) is 19.8 Å². The summed E-state index contributed by atoms with van der Waals surface area (Å²) in [6.45, 7) is 6.29. The normalized spacial score (nSPS) is 19.8. The fraction of sp³-hybridized carbons (Fsp3) is 0.615. The third kappa shape index (κ3) is 7.31. The lowest BCUT2D eigenvalue weighted by atomic mass is 9.96. The molecule has 210 valence electrons. The van der Waals surface area contributed by atoms with Crippen LogP contribution < -0.4 is 16.4 Å². The Kier molecular flexibility index (Phi) is 9.88. The van der Waals surface area contributed by atoms with E-state index in [1.165, 1.54) is 4.31 Å². The van der Waals surface area contributed by atoms with Crippen LogP contribution in [0.5, 0.6) is 0 Å². The first-order valence-electron chi connectivity index (χ1n) is 13.1. The highest BCUT2D eigenvalue weighted by molar-refractivity contribution is 7.89. The number of primary amides is 1. The molecule has 0 saturated carbocycles. The average Bonchev–Trinajstić information content (AvgIpc) is 3.36. The van der Waals surface area contributed by atoms with E-state index in [2.05, 4.69) is 10.6 Å². The summed E-state index contributed by atoms with van der Waals surface area (Å²) in [5, 5.41) is 5.20. The Morgan fingerprint density at radius 3 is 2.24 bits per heavy atom. The van der Waals surface area contributed by atoms with E-state index in [0.29, 0.717) is 38.6 Å². The fourth-order valence-corrected chi connectivity index (χ4v) is 6.48. The van der Waals surface area contributed by atoms with Crippen LogP contribution in [0.25, 0.3) is 0 Å². The summed E-state index contributed by atoms with van der Waals surface area (Å²) < 4.78 is 27.4. The number of carbonyl (C=O) groups is 4. The summed E-state index contributed by atoms with van der Waals surface area (Å²) in [5.74, 6) is -2.02. The molecule has 12 heteroatoms. The number of benzene rings is 1. The molecular formula is C26H39N5O6S. The van der Waals surface area contributed by atoms with E-state index in [4.69, 9.17) is 5.73 Å². The minimum atomic E-state index is -3.64. The highest BCUT2D eigenvalue weighted by Gasteiger charge is 2.40. The highest BCUT2D eigenvalue weighted by atomic mass is 32.2. The van der Waals surface area contributed by atoms with E-state index in [-0.39, 0.29) is 42.3 Å². The van der Waals surface area contributed by atoms with Gasteiger partial charge in [0.1, 0.15) is 12.1 Å². The summed E-state index contributed by atoms with van der Waals surface area (Å²) in [6, 6.07) is 5.15. The molecule has 1 aromatic rings. The van der Waals surface area contributed by atoms with Crippen LogP contribution in [-0.4, -0.2) is 79.5 Å². The first kappa shape index (κ1) is 29.6. The molecule has 0 radical (unpaired) electrons. The third-order valence-corrected chi connectivity index (χ3v) is 8.99. The fourth-order valence-electron chi connectivity index (χ4n) is 5.01. The quantitative estimate of drug-likeness (QED) is 0.386. The highest BCUT2D eigenvalue weighted by Crippen LogP contribution is 2.28. The molecule has 38 heavy (non-hydrogen) atoms. The minimum Gasteiger partial charge on any atom is -0.368 e. The van der Waals surface area contributed by atoms with Gasteiger partial charge in [-0.15, -0.1) is 0 Å². The maximum Gasteiger partial charge on any atom is 0.243 e. The van der Waals surface area contributed by atoms with Crippen LogP contribution >= 0.6 is 0 Å². The molecular weight excluding hydrogens is 510 g/mol. The maximum absolute atomic E-state index is 13.4. The van der Waals surface area contributed by atoms with Gasteiger partial charge in [0, 0.05) is 25.6 Å². The van der Waals surface area contributed by atoms with Crippen molar-refractivity contribution >= 4 is 33.7 Å². The van der Waals surface area contributed by atoms with Crippen LogP contribution in [0, 0.1) is 18.8 Å². The number of nitrogens with zero attached hydrogens (tertiary/aromatic N) is 2. The molecule has 0 aromatic heterocycles. The molecule has 2 heterocycles. The van der Waals surface area contributed by atoms with E-state index >= 15 is 0 Å². The van der Waals surface area contributed by atoms with Gasteiger partial charge >= 0.3 is 0 Å². The van der Waals surface area contributed by atoms with Gasteiger partial charge in [-0.2, -0.15) is 4.31 Å². The second-order valence-corrected chi connectivity index (χ2v) is 12.5. The van der Waals surface area contributed by atoms with Gasteiger partial charge in [-0.25, -0.2) is 8.42 Å². The number of hydrogen-bond donors (Lipinski definition) is 3. The average molecular weight is 550 g/mol. The number of piperidine rings is 1. The number of rotatable bonds is 10. The van der Waals surface area contributed by atoms with Gasteiger partial charge in [-0.3, -0.25) is 19.2 Å². The molecule has 0 aliphatic carbocycles. The summed E-state index contributed by atoms with van der Waals surface area (Å²) in [5.41, 5.74) is 6.08. The van der Waals surface area contributed by atoms with Gasteiger partial charge < -0.3 is 21.3 Å². The van der Waals surface area contributed by atoms with Gasteiger partial charge in [0.25, 0.3) is 0 Å². The topological polar surface area (TPSA) is 159 Å². The van der Waals surface area contributed by atoms with Gasteiger partial charge in [-0.1, -0.05) is 31.5 Å². The van der Waals surface area contributed by atoms with Crippen LogP contribution in [0.15, 0.2) is 29.2 Å². The molecule has 3 rings (SSSR count). The second kappa shape index (κ2) is 12.7. The largest absolute Gasteiger partial charge is 0.368 e. The van der Waals surface area contributed by atoms with Gasteiger partial charge in [-0.05, 0) is 57.1 Å². The monoisotopic (exact) mass is 549 g/mol. The lowest BCUT2D eigenvalue weighted by Gasteiger charge is -2.34. The van der Waals surface area contributed by atoms with Gasteiger partial charge in [0.2, 0.25) is 33.7 Å². The lowest BCUT2D eigenvalue weighted by molar-refractivity contribution is -0.143. The first-order chi connectivity index (χ1) is 17.9. The molecule has 0 bridgehead atoms. The van der Waals surface area contributed by atoms with E-state index in [1.807, 2.05) is 20.8 Å². The zero-order valence-corrected chi connectivity index (χ0v) is 23.1. The summed E-state index contributed by atoms with van der Waals surface area (Å²) in [4.78, 5) is 52.0. The van der Waals surface area contributed by atoms with E-state index in [1.54, 1.807) is 29.2 Å². The number of likely N-dealkylation sites (tertiary alicyclic amines) is 1. The Balaban J connectivity index is 1.61. The van der Waals surface area contributed by atoms with E-state index < -0.39 is 39.8 Å². The van der Waals surface area contributed by atoms with Crippen molar-refractivity contribution in [2.24, 2.45) is 17.6 Å². The van der Waals surface area contributed by atoms with Crippen LogP contribution in [0.2, 0.25) is 0 Å². The number of sulfonamides is 1. The number of amides is 4. The van der Waals surface area contributed by atoms with Crippen molar-refractivity contribution in [3.8, 4) is 0 Å². The Morgan fingerprint density at radius 1 is 1.03 bits per heavy atom. The van der Waals surface area contributed by atoms with Crippen molar-refractivity contribution < 1.29 is 27.6 Å². The van der Waals surface area contributed by atoms with E-state index in [9.17, 15) is 27.6 Å². The summed E-state index contributed by atoms with van der Waals surface area (Å²) >= 11 is 0. The number of nitrogens with one attached hydrogen (secondary N) is 2. The Bertz CT molecular complexity index is 1130. The summed E-state index contributed by atoms with van der Waals surface area (Å²) in [7, 11) is -3.64. The molecule has 4 amide bonds. The minimum absolute atomic E-state index is 0.0994. The Hall–Kier alpha value is -2.99. The predicted molar refractivity (Wildman–Crippen MR) is 141 cm³/mol. The molecule has 2 aliphatic heterocycles. The predicted octanol–water partition coefficient (Wildman–Crippen LogP) is 0.519. The molecule has 0 spiro atoms. The number of aryl methyl sites for hydroxylation is 1. The Morgan fingerprint density at radius 2 is 1.66 bits per heavy atom. The van der Waals surface area contributed by atoms with Crippen LogP contribution in [0.1, 0.15) is 51.5 Å². The standard InChI is InChI=1S/C26H39N5O6S/c1-17(2)15-21(24(33)28-16-23(27)32)29-25(34)22-5-4-12-31(22)26(35)19-10-13-30(14-11-19)38(36,37)20-8-6-18(3)7-9-20/h6-9,17,19,21-22H,4-5,10-16H2,1-3H3,(H2,27,32)(H,28,33)(H,29,34)/t21-,22+/m0/s1. The Labute approximate surface area is 224 Å². The van der Waals surface area contributed by atoms with Crippen molar-refractivity contribution in [2.75, 3.05) is 26.2 Å². The third-order valence-electron chi connectivity index (χ3n) is 7.08. The zero-order valence-electron chi connectivity index (χ0n) is 22.3. The SMILES string of the molecule is Cc1ccc(S(=O)(=O)N2CCC(C(=O)N3CCC[C@@H]3C(=O)N[C@@H](CC(C)C)C(=O)NCC(N)=O)CC2)cc1. The second-order valence-electron chi connectivity index (χ2n) is 10.6. The molecule has 0 unspecified atom stereocenters. The molecule has 2 fully saturated rings. The van der Waals surface area contributed by atoms with Gasteiger partial charge in [0.05, 0.1) is 11.4 Å². The van der Waals surface area contributed by atoms with Crippen LogP contribution in [-0.2, 0) is 29.2 Å². The molecule has 2 atom stereocenters. The molecule has 2 saturated heterocycles. The summed E-state index contributed by atoms with van der Waals surface area (Å²) in [6.07, 6.45) is 2.26.